The average Bonchev–Trinajstić information content (AvgIpc) is 3.11. The summed E-state index contributed by atoms with van der Waals surface area (Å²) in [6.07, 6.45) is 7.63. The molecule has 2 N–H and O–H groups in total. The van der Waals surface area contributed by atoms with Crippen LogP contribution in [0.15, 0.2) is 51.4 Å². The van der Waals surface area contributed by atoms with Crippen molar-refractivity contribution < 1.29 is 14.2 Å². The molecule has 2 rings (SSSR count). The Hall–Kier alpha value is -1.70. The van der Waals surface area contributed by atoms with Gasteiger partial charge in [-0.15, -0.1) is 0 Å². The number of hydroxylamine groups is 3. The summed E-state index contributed by atoms with van der Waals surface area (Å²) in [6, 6.07) is 0. The number of allylic oxidation sites excluding steroid dienone is 4. The van der Waals surface area contributed by atoms with Gasteiger partial charge in [-0.1, -0.05) is 43.8 Å². The van der Waals surface area contributed by atoms with Crippen LogP contribution < -0.4 is 0 Å². The van der Waals surface area contributed by atoms with Gasteiger partial charge in [0.25, 0.3) is 0 Å². The summed E-state index contributed by atoms with van der Waals surface area (Å²) in [7, 11) is 1.88. The first-order valence-corrected chi connectivity index (χ1v) is 12.0. The van der Waals surface area contributed by atoms with Gasteiger partial charge >= 0.3 is 0 Å². The molecule has 0 bridgehead atoms. The topological polar surface area (TPSA) is 59.7 Å². The second-order valence-corrected chi connectivity index (χ2v) is 9.69. The Morgan fingerprint density at radius 1 is 1.52 bits per heavy atom. The lowest BCUT2D eigenvalue weighted by Crippen LogP contribution is -2.45. The molecule has 7 heteroatoms. The lowest BCUT2D eigenvalue weighted by atomic mass is 10.0. The van der Waals surface area contributed by atoms with Crippen LogP contribution in [0.3, 0.4) is 0 Å². The second kappa shape index (κ2) is 11.8. The maximum atomic E-state index is 13.1. The van der Waals surface area contributed by atoms with Gasteiger partial charge in [0.15, 0.2) is 0 Å². The number of nitrogens with zero attached hydrogens (tertiary/aromatic N) is 3. The number of hydrogen-bond acceptors (Lipinski definition) is 5. The van der Waals surface area contributed by atoms with E-state index in [4.69, 9.17) is 10.4 Å². The molecule has 172 valence electrons. The number of unbranched alkanes of at least 4 members (excludes halogenated alkanes) is 1. The number of fused-ring (bicyclic) bond motifs is 1. The molecule has 0 spiro atoms. The quantitative estimate of drug-likeness (QED) is 0.228. The van der Waals surface area contributed by atoms with Crippen LogP contribution in [-0.2, 0) is 0 Å². The normalized spacial score (nSPS) is 22.1. The van der Waals surface area contributed by atoms with Crippen LogP contribution in [0.25, 0.3) is 0 Å². The molecule has 0 radical (unpaired) electrons. The van der Waals surface area contributed by atoms with E-state index in [-0.39, 0.29) is 10.6 Å². The maximum absolute atomic E-state index is 13.1. The summed E-state index contributed by atoms with van der Waals surface area (Å²) < 4.78 is 13.2. The summed E-state index contributed by atoms with van der Waals surface area (Å²) in [4.78, 5) is 7.83. The van der Waals surface area contributed by atoms with E-state index in [0.717, 1.165) is 54.4 Å². The van der Waals surface area contributed by atoms with Crippen LogP contribution in [0.5, 0.6) is 0 Å². The van der Waals surface area contributed by atoms with Crippen LogP contribution in [0.4, 0.5) is 4.39 Å². The number of halogens is 1. The van der Waals surface area contributed by atoms with Crippen LogP contribution in [-0.4, -0.2) is 65.7 Å². The maximum Gasteiger partial charge on any atom is 0.141 e. The van der Waals surface area contributed by atoms with Gasteiger partial charge < -0.3 is 10.3 Å². The first-order chi connectivity index (χ1) is 14.7. The monoisotopic (exact) mass is 449 g/mol. The first-order valence-electron chi connectivity index (χ1n) is 11.2. The van der Waals surface area contributed by atoms with Crippen molar-refractivity contribution in [3.63, 3.8) is 0 Å². The predicted molar refractivity (Wildman–Crippen MR) is 130 cm³/mol. The van der Waals surface area contributed by atoms with Crippen molar-refractivity contribution in [1.82, 2.24) is 4.90 Å². The Labute approximate surface area is 191 Å². The number of nitrogens with one attached hydrogen (secondary N) is 1. The fraction of sp³-hybridized carbons (Fsp3) is 0.583. The lowest BCUT2D eigenvalue weighted by molar-refractivity contribution is -1.09. The molecule has 3 atom stereocenters. The van der Waals surface area contributed by atoms with E-state index in [1.165, 1.54) is 6.92 Å². The highest BCUT2D eigenvalue weighted by atomic mass is 32.2. The van der Waals surface area contributed by atoms with Crippen LogP contribution in [0, 0.1) is 11.3 Å². The molecule has 2 aliphatic heterocycles. The lowest BCUT2D eigenvalue weighted by Gasteiger charge is -2.30. The highest BCUT2D eigenvalue weighted by Gasteiger charge is 2.39. The van der Waals surface area contributed by atoms with E-state index in [0.29, 0.717) is 25.2 Å². The van der Waals surface area contributed by atoms with E-state index < -0.39 is 6.17 Å². The zero-order valence-corrected chi connectivity index (χ0v) is 20.2. The minimum Gasteiger partial charge on any atom is -0.329 e. The van der Waals surface area contributed by atoms with Gasteiger partial charge in [-0.3, -0.25) is 4.99 Å². The SMILES string of the molecule is C=C(S/C=C\C)C1=NCC(C(=N)/C=C\CC(C)F)=C2CC(C[N+](C)(O)CCCC)CN12. The van der Waals surface area contributed by atoms with Gasteiger partial charge in [0.05, 0.1) is 19.3 Å². The summed E-state index contributed by atoms with van der Waals surface area (Å²) in [5, 5.41) is 21.4. The zero-order valence-electron chi connectivity index (χ0n) is 19.4. The Morgan fingerprint density at radius 3 is 2.90 bits per heavy atom. The number of rotatable bonds is 12. The molecule has 0 saturated carbocycles. The number of aliphatic imine (C=N–C) groups is 1. The third kappa shape index (κ3) is 7.44. The molecular weight excluding hydrogens is 411 g/mol. The molecule has 0 aromatic heterocycles. The van der Waals surface area contributed by atoms with Crippen molar-refractivity contribution in [1.29, 1.82) is 5.41 Å². The summed E-state index contributed by atoms with van der Waals surface area (Å²) in [5.41, 5.74) is 2.37. The minimum atomic E-state index is -0.917. The molecule has 5 nitrogen and oxygen atoms in total. The number of alkyl halides is 1. The van der Waals surface area contributed by atoms with Crippen molar-refractivity contribution in [3.8, 4) is 0 Å². The van der Waals surface area contributed by atoms with Crippen molar-refractivity contribution >= 4 is 23.3 Å². The molecule has 0 aromatic carbocycles. The van der Waals surface area contributed by atoms with E-state index >= 15 is 0 Å². The Morgan fingerprint density at radius 2 is 2.26 bits per heavy atom. The molecule has 0 aliphatic carbocycles. The van der Waals surface area contributed by atoms with Crippen molar-refractivity contribution in [2.75, 3.05) is 33.2 Å². The Bertz CT molecular complexity index is 782. The van der Waals surface area contributed by atoms with Crippen LogP contribution >= 0.6 is 11.8 Å². The van der Waals surface area contributed by atoms with Crippen molar-refractivity contribution in [3.05, 3.63) is 46.4 Å². The van der Waals surface area contributed by atoms with Crippen LogP contribution in [0.2, 0.25) is 0 Å². The first kappa shape index (κ1) is 25.6. The van der Waals surface area contributed by atoms with Gasteiger partial charge in [0.1, 0.15) is 25.1 Å². The minimum absolute atomic E-state index is 0.0153. The molecule has 0 aromatic rings. The molecular formula is C24H38FN4OS+. The highest BCUT2D eigenvalue weighted by molar-refractivity contribution is 8.06. The average molecular weight is 450 g/mol. The van der Waals surface area contributed by atoms with Crippen LogP contribution in [0.1, 0.15) is 46.5 Å². The standard InChI is InChI=1S/C24H38FN4OS/c1-6-8-12-29(5,30)17-20-14-23-21(22(26)11-9-10-18(3)25)15-27-24(28(23)16-20)19(4)31-13-7-2/h7,9,11,13,18,20,26,30H,4,6,8,10,12,14-17H2,1-3,5H3/q+1/b11-9-,13-7-,26-22?. The third-order valence-electron chi connectivity index (χ3n) is 5.55. The smallest absolute Gasteiger partial charge is 0.141 e. The van der Waals surface area contributed by atoms with E-state index in [1.807, 2.05) is 25.5 Å². The Kier molecular flexibility index (Phi) is 9.72. The molecule has 1 saturated heterocycles. The highest BCUT2D eigenvalue weighted by Crippen LogP contribution is 2.36. The largest absolute Gasteiger partial charge is 0.329 e. The van der Waals surface area contributed by atoms with Crippen molar-refractivity contribution in [2.24, 2.45) is 10.9 Å². The Balaban J connectivity index is 2.25. The molecule has 3 unspecified atom stereocenters. The number of quaternary nitrogens is 1. The van der Waals surface area contributed by atoms with Gasteiger partial charge in [0, 0.05) is 28.6 Å². The number of amidine groups is 1. The van der Waals surface area contributed by atoms with E-state index in [9.17, 15) is 9.60 Å². The molecule has 0 amide bonds. The van der Waals surface area contributed by atoms with Gasteiger partial charge in [0.2, 0.25) is 0 Å². The van der Waals surface area contributed by atoms with Gasteiger partial charge in [-0.05, 0) is 44.6 Å². The summed E-state index contributed by atoms with van der Waals surface area (Å²) in [6.45, 7) is 12.4. The van der Waals surface area contributed by atoms with Gasteiger partial charge in [-0.2, -0.15) is 4.65 Å². The second-order valence-electron chi connectivity index (χ2n) is 8.69. The molecule has 2 heterocycles. The van der Waals surface area contributed by atoms with Gasteiger partial charge in [-0.25, -0.2) is 9.60 Å². The molecule has 2 aliphatic rings. The summed E-state index contributed by atoms with van der Waals surface area (Å²) in [5.74, 6) is 1.13. The van der Waals surface area contributed by atoms with E-state index in [2.05, 4.69) is 18.4 Å². The predicted octanol–water partition coefficient (Wildman–Crippen LogP) is 5.71. The number of hydrogen-bond donors (Lipinski definition) is 2. The fourth-order valence-corrected chi connectivity index (χ4v) is 4.65. The zero-order chi connectivity index (χ0) is 23.0. The third-order valence-corrected chi connectivity index (χ3v) is 6.43. The fourth-order valence-electron chi connectivity index (χ4n) is 4.07. The number of thioether (sulfide) groups is 1. The van der Waals surface area contributed by atoms with E-state index in [1.54, 1.807) is 23.9 Å². The summed E-state index contributed by atoms with van der Waals surface area (Å²) >= 11 is 1.55. The molecule has 1 fully saturated rings. The molecule has 31 heavy (non-hydrogen) atoms. The van der Waals surface area contributed by atoms with Crippen molar-refractivity contribution in [2.45, 2.75) is 52.6 Å².